The Kier molecular flexibility index (Phi) is 2.89. The quantitative estimate of drug-likeness (QED) is 0.778. The van der Waals surface area contributed by atoms with Crippen LogP contribution in [-0.2, 0) is 4.79 Å². The summed E-state index contributed by atoms with van der Waals surface area (Å²) in [4.78, 5) is 11.1. The molecule has 0 saturated heterocycles. The maximum Gasteiger partial charge on any atom is 0.330 e. The normalized spacial score (nSPS) is 43.9. The first-order valence-electron chi connectivity index (χ1n) is 7.80. The molecule has 3 heteroatoms. The third-order valence-corrected chi connectivity index (χ3v) is 6.31. The van der Waals surface area contributed by atoms with Crippen molar-refractivity contribution in [3.63, 3.8) is 0 Å². The summed E-state index contributed by atoms with van der Waals surface area (Å²) < 4.78 is 0. The van der Waals surface area contributed by atoms with Gasteiger partial charge in [-0.05, 0) is 68.1 Å². The van der Waals surface area contributed by atoms with E-state index in [4.69, 9.17) is 5.11 Å². The standard InChI is InChI=1S/C17H26O3/c1-11(14(18)19)5-15(2,3)16-6-12-4-13(7-16)9-17(20,8-12)10-16/h5,12-13,20H,4,6-10H2,1-3H3,(H,18,19). The van der Waals surface area contributed by atoms with Crippen LogP contribution in [0.4, 0.5) is 0 Å². The van der Waals surface area contributed by atoms with Crippen LogP contribution in [0, 0.1) is 22.7 Å². The molecule has 4 aliphatic carbocycles. The first kappa shape index (κ1) is 14.1. The van der Waals surface area contributed by atoms with Gasteiger partial charge in [0.2, 0.25) is 0 Å². The van der Waals surface area contributed by atoms with Crippen LogP contribution in [0.3, 0.4) is 0 Å². The average molecular weight is 278 g/mol. The lowest BCUT2D eigenvalue weighted by molar-refractivity contribution is -0.190. The van der Waals surface area contributed by atoms with Crippen molar-refractivity contribution in [3.8, 4) is 0 Å². The Bertz CT molecular complexity index is 461. The molecule has 0 radical (unpaired) electrons. The first-order valence-corrected chi connectivity index (χ1v) is 7.80. The monoisotopic (exact) mass is 278 g/mol. The van der Waals surface area contributed by atoms with Crippen molar-refractivity contribution < 1.29 is 15.0 Å². The topological polar surface area (TPSA) is 57.5 Å². The molecular formula is C17H26O3. The molecule has 2 unspecified atom stereocenters. The van der Waals surface area contributed by atoms with Crippen molar-refractivity contribution >= 4 is 5.97 Å². The number of carboxylic acid groups (broad SMARTS) is 1. The van der Waals surface area contributed by atoms with Gasteiger partial charge in [-0.3, -0.25) is 0 Å². The molecule has 0 aliphatic heterocycles. The van der Waals surface area contributed by atoms with E-state index in [2.05, 4.69) is 13.8 Å². The molecule has 0 amide bonds. The third-order valence-electron chi connectivity index (χ3n) is 6.31. The number of aliphatic carboxylic acids is 1. The molecule has 4 bridgehead atoms. The largest absolute Gasteiger partial charge is 0.478 e. The van der Waals surface area contributed by atoms with Crippen molar-refractivity contribution in [2.75, 3.05) is 0 Å². The number of aliphatic hydroxyl groups is 1. The van der Waals surface area contributed by atoms with Crippen LogP contribution in [0.15, 0.2) is 11.6 Å². The van der Waals surface area contributed by atoms with Crippen LogP contribution in [0.1, 0.15) is 59.3 Å². The predicted molar refractivity (Wildman–Crippen MR) is 77.2 cm³/mol. The Hall–Kier alpha value is -0.830. The maximum absolute atomic E-state index is 11.1. The third kappa shape index (κ3) is 2.02. The molecule has 2 atom stereocenters. The van der Waals surface area contributed by atoms with Crippen molar-refractivity contribution in [1.29, 1.82) is 0 Å². The summed E-state index contributed by atoms with van der Waals surface area (Å²) in [7, 11) is 0. The first-order chi connectivity index (χ1) is 9.15. The Morgan fingerprint density at radius 3 is 2.20 bits per heavy atom. The smallest absolute Gasteiger partial charge is 0.330 e. The number of allylic oxidation sites excluding steroid dienone is 1. The molecule has 4 rings (SSSR count). The van der Waals surface area contributed by atoms with E-state index in [1.807, 2.05) is 6.08 Å². The lowest BCUT2D eigenvalue weighted by Crippen LogP contribution is -2.59. The van der Waals surface area contributed by atoms with Crippen molar-refractivity contribution in [1.82, 2.24) is 0 Å². The summed E-state index contributed by atoms with van der Waals surface area (Å²) in [5.41, 5.74) is -0.131. The van der Waals surface area contributed by atoms with Crippen LogP contribution in [0.5, 0.6) is 0 Å². The van der Waals surface area contributed by atoms with Crippen LogP contribution in [0.2, 0.25) is 0 Å². The molecule has 0 spiro atoms. The van der Waals surface area contributed by atoms with Gasteiger partial charge in [-0.15, -0.1) is 0 Å². The van der Waals surface area contributed by atoms with Gasteiger partial charge in [0.1, 0.15) is 0 Å². The maximum atomic E-state index is 11.1. The van der Waals surface area contributed by atoms with E-state index in [0.717, 1.165) is 32.1 Å². The lowest BCUT2D eigenvalue weighted by Gasteiger charge is -2.64. The van der Waals surface area contributed by atoms with Gasteiger partial charge in [0, 0.05) is 5.57 Å². The van der Waals surface area contributed by atoms with E-state index in [0.29, 0.717) is 17.4 Å². The Balaban J connectivity index is 1.96. The summed E-state index contributed by atoms with van der Waals surface area (Å²) >= 11 is 0. The molecule has 112 valence electrons. The minimum atomic E-state index is -0.832. The molecule has 2 N–H and O–H groups in total. The van der Waals surface area contributed by atoms with Crippen molar-refractivity contribution in [2.45, 2.75) is 64.9 Å². The molecule has 4 aliphatic rings. The van der Waals surface area contributed by atoms with Gasteiger partial charge in [0.05, 0.1) is 5.60 Å². The van der Waals surface area contributed by atoms with E-state index in [9.17, 15) is 9.90 Å². The van der Waals surface area contributed by atoms with Crippen LogP contribution >= 0.6 is 0 Å². The van der Waals surface area contributed by atoms with Gasteiger partial charge in [0.15, 0.2) is 0 Å². The van der Waals surface area contributed by atoms with Crippen LogP contribution in [-0.4, -0.2) is 21.8 Å². The summed E-state index contributed by atoms with van der Waals surface area (Å²) in [5, 5.41) is 20.0. The summed E-state index contributed by atoms with van der Waals surface area (Å²) in [6, 6.07) is 0. The van der Waals surface area contributed by atoms with E-state index < -0.39 is 11.6 Å². The number of hydrogen-bond acceptors (Lipinski definition) is 2. The van der Waals surface area contributed by atoms with E-state index in [1.165, 1.54) is 6.42 Å². The van der Waals surface area contributed by atoms with Crippen LogP contribution < -0.4 is 0 Å². The van der Waals surface area contributed by atoms with Gasteiger partial charge in [-0.25, -0.2) is 4.79 Å². The molecule has 0 aromatic carbocycles. The second-order valence-electron chi connectivity index (χ2n) is 8.32. The van der Waals surface area contributed by atoms with E-state index in [-0.39, 0.29) is 10.8 Å². The highest BCUT2D eigenvalue weighted by Crippen LogP contribution is 2.67. The summed E-state index contributed by atoms with van der Waals surface area (Å²) in [6.07, 6.45) is 8.29. The van der Waals surface area contributed by atoms with Gasteiger partial charge < -0.3 is 10.2 Å². The lowest BCUT2D eigenvalue weighted by atomic mass is 9.42. The highest BCUT2D eigenvalue weighted by molar-refractivity contribution is 5.85. The molecule has 0 aromatic heterocycles. The van der Waals surface area contributed by atoms with Gasteiger partial charge in [-0.2, -0.15) is 0 Å². The molecule has 4 fully saturated rings. The van der Waals surface area contributed by atoms with Gasteiger partial charge in [-0.1, -0.05) is 19.9 Å². The minimum absolute atomic E-state index is 0.0859. The predicted octanol–water partition coefficient (Wildman–Crippen LogP) is 3.37. The SMILES string of the molecule is CC(=CC(C)(C)C12CC3CC(CC(O)(C3)C1)C2)C(=O)O. The van der Waals surface area contributed by atoms with Crippen molar-refractivity contribution in [2.24, 2.45) is 22.7 Å². The van der Waals surface area contributed by atoms with Gasteiger partial charge >= 0.3 is 5.97 Å². The average Bonchev–Trinajstić information content (AvgIpc) is 2.24. The Morgan fingerprint density at radius 1 is 1.20 bits per heavy atom. The Labute approximate surface area is 121 Å². The molecule has 4 saturated carbocycles. The number of carboxylic acids is 1. The molecule has 3 nitrogen and oxygen atoms in total. The van der Waals surface area contributed by atoms with Gasteiger partial charge in [0.25, 0.3) is 0 Å². The fraction of sp³-hybridized carbons (Fsp3) is 0.824. The van der Waals surface area contributed by atoms with E-state index >= 15 is 0 Å². The zero-order chi connectivity index (χ0) is 14.8. The van der Waals surface area contributed by atoms with Crippen LogP contribution in [0.25, 0.3) is 0 Å². The zero-order valence-electron chi connectivity index (χ0n) is 12.8. The fourth-order valence-corrected chi connectivity index (χ4v) is 5.72. The Morgan fingerprint density at radius 2 is 1.75 bits per heavy atom. The van der Waals surface area contributed by atoms with Crippen molar-refractivity contribution in [3.05, 3.63) is 11.6 Å². The highest BCUT2D eigenvalue weighted by atomic mass is 16.4. The number of rotatable bonds is 3. The molecule has 0 aromatic rings. The molecular weight excluding hydrogens is 252 g/mol. The summed E-state index contributed by atoms with van der Waals surface area (Å²) in [6.45, 7) is 6.01. The minimum Gasteiger partial charge on any atom is -0.478 e. The van der Waals surface area contributed by atoms with E-state index in [1.54, 1.807) is 6.92 Å². The fourth-order valence-electron chi connectivity index (χ4n) is 5.72. The highest BCUT2D eigenvalue weighted by Gasteiger charge is 2.61. The molecule has 20 heavy (non-hydrogen) atoms. The zero-order valence-corrected chi connectivity index (χ0v) is 12.8. The number of hydrogen-bond donors (Lipinski definition) is 2. The second kappa shape index (κ2) is 4.09. The summed E-state index contributed by atoms with van der Waals surface area (Å²) in [5.74, 6) is 0.444. The number of carbonyl (C=O) groups is 1. The molecule has 0 heterocycles. The second-order valence-corrected chi connectivity index (χ2v) is 8.32.